The van der Waals surface area contributed by atoms with E-state index in [9.17, 15) is 26.9 Å². The van der Waals surface area contributed by atoms with Gasteiger partial charge < -0.3 is 46.9 Å². The third-order valence-corrected chi connectivity index (χ3v) is 10.5. The molecule has 65 heavy (non-hydrogen) atoms. The van der Waals surface area contributed by atoms with Crippen molar-refractivity contribution in [1.82, 2.24) is 15.0 Å². The number of benzene rings is 5. The van der Waals surface area contributed by atoms with Crippen molar-refractivity contribution in [1.29, 1.82) is 10.5 Å². The predicted octanol–water partition coefficient (Wildman–Crippen LogP) is 9.73. The van der Waals surface area contributed by atoms with Crippen LogP contribution in [0.25, 0.3) is 22.3 Å². The molecule has 0 aliphatic heterocycles. The number of nitrogens with one attached hydrogen (secondary N) is 2. The van der Waals surface area contributed by atoms with Gasteiger partial charge in [-0.15, -0.1) is 0 Å². The van der Waals surface area contributed by atoms with Crippen LogP contribution in [-0.2, 0) is 38.6 Å². The van der Waals surface area contributed by atoms with Crippen LogP contribution in [0.1, 0.15) is 39.3 Å². The minimum absolute atomic E-state index is 0. The van der Waals surface area contributed by atoms with Crippen LogP contribution in [0.5, 0.6) is 34.6 Å². The van der Waals surface area contributed by atoms with Crippen molar-refractivity contribution in [2.45, 2.75) is 43.5 Å². The van der Waals surface area contributed by atoms with Crippen molar-refractivity contribution < 1.29 is 59.1 Å². The summed E-state index contributed by atoms with van der Waals surface area (Å²) in [5, 5.41) is 25.9. The molecule has 6 aromatic rings. The minimum Gasteiger partial charge on any atom is -0.497 e. The maximum absolute atomic E-state index is 12.9. The van der Waals surface area contributed by atoms with E-state index < -0.39 is 36.5 Å². The first-order chi connectivity index (χ1) is 29.9. The standard InChI is InChI=1S/C24H24N4O5S.C20H16N2O4S.CH2I.CH4.V/c1-24(2,3)27-23(29)28-34(30,31)21-12-16(14-25)15-26-22(21)33-20-7-5-6-18(13-20)17-8-10-19(32-4)11-9-17;1-25-17-8-6-15(7-9-17)16-3-2-4-18(12-16)26-19-10-5-14(13-21)11-20(19)27(22,23)24;1-2;;/h5-13,15H,1-4H3,(H2,27,28,29);2-12H,1H3,(H2,22,23,24);1H2;1H4;/q;;-1;;. The average molecular weight is 1070 g/mol. The number of methoxy groups -OCH3 is 2. The molecule has 0 aliphatic rings. The van der Waals surface area contributed by atoms with Crippen LogP contribution in [-0.4, -0.2) is 47.6 Å². The summed E-state index contributed by atoms with van der Waals surface area (Å²) in [7, 11) is -5.26. The Morgan fingerprint density at radius 3 is 1.60 bits per heavy atom. The van der Waals surface area contributed by atoms with Gasteiger partial charge in [0.1, 0.15) is 39.7 Å². The van der Waals surface area contributed by atoms with Gasteiger partial charge >= 0.3 is 6.03 Å². The Labute approximate surface area is 406 Å². The van der Waals surface area contributed by atoms with Crippen molar-refractivity contribution in [3.63, 3.8) is 0 Å². The van der Waals surface area contributed by atoms with Crippen LogP contribution >= 0.6 is 22.6 Å². The number of carbonyl (C=O) groups is 1. The van der Waals surface area contributed by atoms with E-state index in [4.69, 9.17) is 29.3 Å². The number of amides is 2. The summed E-state index contributed by atoms with van der Waals surface area (Å²) in [5.74, 6) is 2.02. The molecule has 15 nitrogen and oxygen atoms in total. The summed E-state index contributed by atoms with van der Waals surface area (Å²) in [6.45, 7) is 5.13. The first kappa shape index (κ1) is 55.0. The molecule has 4 N–H and O–H groups in total. The Bertz CT molecular complexity index is 2870. The van der Waals surface area contributed by atoms with E-state index in [0.29, 0.717) is 11.5 Å². The van der Waals surface area contributed by atoms with Gasteiger partial charge in [-0.3, -0.25) is 4.93 Å². The van der Waals surface area contributed by atoms with Crippen LogP contribution < -0.4 is 34.1 Å². The maximum atomic E-state index is 12.9. The largest absolute Gasteiger partial charge is 0.497 e. The van der Waals surface area contributed by atoms with Crippen molar-refractivity contribution in [2.24, 2.45) is 5.14 Å². The molecular formula is C46H46IN6O9S2V-. The number of pyridine rings is 1. The Balaban J connectivity index is 0.000000427. The maximum Gasteiger partial charge on any atom is 0.329 e. The average Bonchev–Trinajstić information content (AvgIpc) is 3.26. The van der Waals surface area contributed by atoms with Crippen molar-refractivity contribution in [3.05, 3.63) is 144 Å². The van der Waals surface area contributed by atoms with Gasteiger partial charge in [0.25, 0.3) is 10.0 Å². The van der Waals surface area contributed by atoms with E-state index in [-0.39, 0.29) is 53.6 Å². The van der Waals surface area contributed by atoms with E-state index in [2.05, 4.69) is 15.2 Å². The number of primary sulfonamides is 1. The van der Waals surface area contributed by atoms with Crippen LogP contribution in [0.3, 0.4) is 0 Å². The van der Waals surface area contributed by atoms with Gasteiger partial charge in [-0.1, -0.05) is 56.0 Å². The number of sulfonamides is 2. The molecule has 0 unspecified atom stereocenters. The summed E-state index contributed by atoms with van der Waals surface area (Å²) in [4.78, 5) is 18.7. The molecule has 0 saturated heterocycles. The number of nitriles is 2. The smallest absolute Gasteiger partial charge is 0.329 e. The van der Waals surface area contributed by atoms with Crippen LogP contribution in [0, 0.1) is 27.6 Å². The molecule has 5 aromatic carbocycles. The number of halogens is 1. The van der Waals surface area contributed by atoms with E-state index in [1.54, 1.807) is 71.4 Å². The SMILES string of the molecule is C.COc1ccc(-c2cccc(Oc3ccc(C#N)cc3S(N)(=O)=O)c2)cc1.COc1ccc(-c2cccc(Oc3ncc(C#N)cc3S(=O)(=O)NC(=O)NC(C)(C)C)c2)cc1.[CH2-]I.[V]. The van der Waals surface area contributed by atoms with E-state index in [0.717, 1.165) is 39.8 Å². The third kappa shape index (κ3) is 16.1. The van der Waals surface area contributed by atoms with Gasteiger partial charge in [0.15, 0.2) is 4.90 Å². The number of ether oxygens (including phenoxy) is 4. The van der Waals surface area contributed by atoms with E-state index in [1.807, 2.05) is 100 Å². The molecular weight excluding hydrogens is 1020 g/mol. The molecule has 0 atom stereocenters. The number of urea groups is 1. The second kappa shape index (κ2) is 24.8. The van der Waals surface area contributed by atoms with Gasteiger partial charge in [0.2, 0.25) is 15.9 Å². The third-order valence-electron chi connectivity index (χ3n) is 8.29. The van der Waals surface area contributed by atoms with Gasteiger partial charge in [-0.05, 0) is 116 Å². The van der Waals surface area contributed by atoms with E-state index >= 15 is 0 Å². The number of hydrogen-bond donors (Lipinski definition) is 3. The molecule has 19 heteroatoms. The number of carbonyl (C=O) groups excluding carboxylic acids is 1. The van der Waals surface area contributed by atoms with Crippen LogP contribution in [0.15, 0.2) is 137 Å². The number of rotatable bonds is 11. The summed E-state index contributed by atoms with van der Waals surface area (Å²) < 4.78 is 73.4. The zero-order valence-electron chi connectivity index (χ0n) is 35.1. The normalized spacial score (nSPS) is 10.5. The van der Waals surface area contributed by atoms with Gasteiger partial charge in [0.05, 0.1) is 31.4 Å². The molecule has 1 heterocycles. The number of nitrogens with zero attached hydrogens (tertiary/aromatic N) is 3. The summed E-state index contributed by atoms with van der Waals surface area (Å²) in [6.07, 6.45) is 1.19. The monoisotopic (exact) mass is 1070 g/mol. The molecule has 2 amide bonds. The Hall–Kier alpha value is -6.13. The number of nitrogens with two attached hydrogens (primary N) is 1. The molecule has 0 bridgehead atoms. The molecule has 0 spiro atoms. The molecule has 0 aliphatic carbocycles. The van der Waals surface area contributed by atoms with Gasteiger partial charge in [-0.25, -0.2) is 36.5 Å². The molecule has 1 aromatic heterocycles. The van der Waals surface area contributed by atoms with Gasteiger partial charge in [0, 0.05) is 30.3 Å². The Kier molecular flexibility index (Phi) is 21.0. The second-order valence-electron chi connectivity index (χ2n) is 14.0. The van der Waals surface area contributed by atoms with Crippen LogP contribution in [0.2, 0.25) is 0 Å². The van der Waals surface area contributed by atoms with Crippen molar-refractivity contribution >= 4 is 48.7 Å². The Morgan fingerprint density at radius 2 is 1.15 bits per heavy atom. The van der Waals surface area contributed by atoms with E-state index in [1.165, 1.54) is 24.4 Å². The fourth-order valence-corrected chi connectivity index (χ4v) is 7.17. The quantitative estimate of drug-likeness (QED) is 0.0813. The van der Waals surface area contributed by atoms with Crippen molar-refractivity contribution in [2.75, 3.05) is 14.2 Å². The molecule has 339 valence electrons. The first-order valence-electron chi connectivity index (χ1n) is 18.3. The first-order valence-corrected chi connectivity index (χ1v) is 22.9. The minimum atomic E-state index is -4.40. The summed E-state index contributed by atoms with van der Waals surface area (Å²) in [6, 6.07) is 37.1. The van der Waals surface area contributed by atoms with Crippen LogP contribution in [0.4, 0.5) is 4.79 Å². The topological polar surface area (TPSA) is 233 Å². The Morgan fingerprint density at radius 1 is 0.677 bits per heavy atom. The number of hydrogen-bond acceptors (Lipinski definition) is 12. The molecule has 0 saturated carbocycles. The number of aromatic nitrogens is 1. The fraction of sp³-hybridized carbons (Fsp3) is 0.152. The fourth-order valence-electron chi connectivity index (χ4n) is 5.47. The summed E-state index contributed by atoms with van der Waals surface area (Å²) in [5.41, 5.74) is 3.07. The van der Waals surface area contributed by atoms with Gasteiger partial charge in [-0.2, -0.15) is 10.5 Å². The molecule has 6 rings (SSSR count). The van der Waals surface area contributed by atoms with Crippen molar-refractivity contribution in [3.8, 4) is 69.0 Å². The zero-order valence-corrected chi connectivity index (χ0v) is 40.3. The zero-order chi connectivity index (χ0) is 46.4. The second-order valence-corrected chi connectivity index (χ2v) is 17.2. The molecule has 0 fully saturated rings. The molecule has 1 radical (unpaired) electrons. The summed E-state index contributed by atoms with van der Waals surface area (Å²) >= 11 is 1.90. The predicted molar refractivity (Wildman–Crippen MR) is 253 cm³/mol.